The monoisotopic (exact) mass is 422 g/mol. The molecule has 1 N–H and O–H groups in total. The van der Waals surface area contributed by atoms with Crippen molar-refractivity contribution >= 4 is 33.2 Å². The van der Waals surface area contributed by atoms with Gasteiger partial charge in [-0.2, -0.15) is 4.31 Å². The topological polar surface area (TPSA) is 75.7 Å². The maximum atomic E-state index is 12.7. The molecule has 2 aromatic rings. The number of nitrogens with zero attached hydrogens (tertiary/aromatic N) is 1. The molecule has 0 radical (unpaired) electrons. The number of piperidine rings is 1. The number of benzene rings is 2. The Kier molecular flexibility index (Phi) is 6.59. The Labute approximate surface area is 170 Å². The van der Waals surface area contributed by atoms with Crippen LogP contribution in [0.3, 0.4) is 0 Å². The van der Waals surface area contributed by atoms with Gasteiger partial charge in [0.15, 0.2) is 6.61 Å². The summed E-state index contributed by atoms with van der Waals surface area (Å²) in [5, 5.41) is 2.90. The second-order valence-corrected chi connectivity index (χ2v) is 9.11. The number of halogens is 1. The van der Waals surface area contributed by atoms with Gasteiger partial charge in [-0.3, -0.25) is 4.79 Å². The average molecular weight is 423 g/mol. The summed E-state index contributed by atoms with van der Waals surface area (Å²) >= 11 is 6.20. The number of aryl methyl sites for hydroxylation is 1. The smallest absolute Gasteiger partial charge is 0.262 e. The second-order valence-electron chi connectivity index (χ2n) is 6.76. The molecule has 3 rings (SSSR count). The molecule has 1 aliphatic heterocycles. The first kappa shape index (κ1) is 20.6. The van der Waals surface area contributed by atoms with Crippen LogP contribution in [-0.4, -0.2) is 38.3 Å². The lowest BCUT2D eigenvalue weighted by Gasteiger charge is -2.26. The van der Waals surface area contributed by atoms with Gasteiger partial charge in [-0.05, 0) is 55.7 Å². The summed E-state index contributed by atoms with van der Waals surface area (Å²) in [6, 6.07) is 11.8. The summed E-state index contributed by atoms with van der Waals surface area (Å²) in [6.45, 7) is 2.76. The maximum absolute atomic E-state index is 12.7. The van der Waals surface area contributed by atoms with E-state index in [0.717, 1.165) is 24.8 Å². The predicted octanol–water partition coefficient (Wildman–Crippen LogP) is 3.84. The molecule has 0 aliphatic carbocycles. The molecule has 6 nitrogen and oxygen atoms in total. The number of ether oxygens (including phenoxy) is 1. The number of sulfonamides is 1. The minimum absolute atomic E-state index is 0.135. The van der Waals surface area contributed by atoms with Crippen molar-refractivity contribution in [3.8, 4) is 5.75 Å². The van der Waals surface area contributed by atoms with Crippen LogP contribution in [0.4, 0.5) is 5.69 Å². The molecule has 0 aromatic heterocycles. The van der Waals surface area contributed by atoms with Crippen molar-refractivity contribution in [1.82, 2.24) is 4.31 Å². The zero-order valence-electron chi connectivity index (χ0n) is 15.7. The van der Waals surface area contributed by atoms with E-state index in [1.54, 1.807) is 6.07 Å². The Bertz CT molecular complexity index is 956. The Hall–Kier alpha value is -2.09. The predicted molar refractivity (Wildman–Crippen MR) is 109 cm³/mol. The quantitative estimate of drug-likeness (QED) is 0.767. The van der Waals surface area contributed by atoms with Crippen molar-refractivity contribution in [2.24, 2.45) is 0 Å². The van der Waals surface area contributed by atoms with E-state index in [4.69, 9.17) is 16.3 Å². The van der Waals surface area contributed by atoms with E-state index < -0.39 is 10.0 Å². The minimum Gasteiger partial charge on any atom is -0.482 e. The van der Waals surface area contributed by atoms with Crippen LogP contribution in [0, 0.1) is 6.92 Å². The first-order valence-electron chi connectivity index (χ1n) is 9.15. The van der Waals surface area contributed by atoms with E-state index in [2.05, 4.69) is 5.32 Å². The summed E-state index contributed by atoms with van der Waals surface area (Å²) < 4.78 is 32.4. The highest BCUT2D eigenvalue weighted by Crippen LogP contribution is 2.29. The van der Waals surface area contributed by atoms with Crippen LogP contribution in [0.25, 0.3) is 0 Å². The molecule has 0 saturated carbocycles. The largest absolute Gasteiger partial charge is 0.482 e. The van der Waals surface area contributed by atoms with Crippen molar-refractivity contribution in [1.29, 1.82) is 0 Å². The molecule has 0 unspecified atom stereocenters. The second kappa shape index (κ2) is 8.94. The number of carbonyl (C=O) groups is 1. The van der Waals surface area contributed by atoms with Gasteiger partial charge in [-0.25, -0.2) is 8.42 Å². The summed E-state index contributed by atoms with van der Waals surface area (Å²) in [5.74, 6) is -0.0645. The zero-order chi connectivity index (χ0) is 20.1. The van der Waals surface area contributed by atoms with Gasteiger partial charge in [0.2, 0.25) is 10.0 Å². The lowest BCUT2D eigenvalue weighted by atomic mass is 10.2. The maximum Gasteiger partial charge on any atom is 0.262 e. The van der Waals surface area contributed by atoms with Crippen LogP contribution in [-0.2, 0) is 14.8 Å². The highest BCUT2D eigenvalue weighted by Gasteiger charge is 2.26. The third-order valence-corrected chi connectivity index (χ3v) is 6.71. The van der Waals surface area contributed by atoms with Crippen LogP contribution in [0.2, 0.25) is 5.02 Å². The van der Waals surface area contributed by atoms with Gasteiger partial charge in [-0.1, -0.05) is 30.2 Å². The van der Waals surface area contributed by atoms with Crippen LogP contribution >= 0.6 is 11.6 Å². The fraction of sp³-hybridized carbons (Fsp3) is 0.350. The molecule has 1 aliphatic rings. The molecule has 1 saturated heterocycles. The van der Waals surface area contributed by atoms with Crippen LogP contribution in [0.15, 0.2) is 47.4 Å². The molecule has 150 valence electrons. The molecule has 0 bridgehead atoms. The van der Waals surface area contributed by atoms with E-state index in [1.807, 2.05) is 25.1 Å². The third kappa shape index (κ3) is 5.04. The molecule has 1 amide bonds. The SMILES string of the molecule is Cc1cccc(NC(=O)COc2ccc(S(=O)(=O)N3CCCCC3)cc2Cl)c1. The Balaban J connectivity index is 1.63. The van der Waals surface area contributed by atoms with Crippen molar-refractivity contribution in [3.05, 3.63) is 53.1 Å². The van der Waals surface area contributed by atoms with E-state index in [9.17, 15) is 13.2 Å². The number of nitrogens with one attached hydrogen (secondary N) is 1. The Morgan fingerprint density at radius 1 is 1.14 bits per heavy atom. The number of rotatable bonds is 6. The van der Waals surface area contributed by atoms with Gasteiger partial charge in [0.25, 0.3) is 5.91 Å². The summed E-state index contributed by atoms with van der Waals surface area (Å²) in [6.07, 6.45) is 2.78. The normalized spacial score (nSPS) is 15.2. The Morgan fingerprint density at radius 2 is 1.89 bits per heavy atom. The van der Waals surface area contributed by atoms with Gasteiger partial charge in [0, 0.05) is 18.8 Å². The standard InChI is InChI=1S/C20H23ClN2O4S/c1-15-6-5-7-16(12-15)22-20(24)14-27-19-9-8-17(13-18(19)21)28(25,26)23-10-3-2-4-11-23/h5-9,12-13H,2-4,10-11,14H2,1H3,(H,22,24). The van der Waals surface area contributed by atoms with Crippen LogP contribution < -0.4 is 10.1 Å². The average Bonchev–Trinajstić information content (AvgIpc) is 2.67. The number of carbonyl (C=O) groups excluding carboxylic acids is 1. The van der Waals surface area contributed by atoms with Gasteiger partial charge in [0.05, 0.1) is 9.92 Å². The fourth-order valence-corrected chi connectivity index (χ4v) is 4.92. The minimum atomic E-state index is -3.56. The molecule has 0 spiro atoms. The Morgan fingerprint density at radius 3 is 2.57 bits per heavy atom. The highest BCUT2D eigenvalue weighted by atomic mass is 35.5. The van der Waals surface area contributed by atoms with E-state index in [0.29, 0.717) is 18.8 Å². The van der Waals surface area contributed by atoms with Gasteiger partial charge < -0.3 is 10.1 Å². The van der Waals surface area contributed by atoms with E-state index >= 15 is 0 Å². The first-order chi connectivity index (χ1) is 13.4. The molecule has 1 heterocycles. The van der Waals surface area contributed by atoms with Crippen molar-refractivity contribution in [2.75, 3.05) is 25.0 Å². The van der Waals surface area contributed by atoms with Crippen molar-refractivity contribution in [2.45, 2.75) is 31.1 Å². The van der Waals surface area contributed by atoms with E-state index in [-0.39, 0.29) is 28.2 Å². The summed E-state index contributed by atoms with van der Waals surface area (Å²) in [7, 11) is -3.56. The van der Waals surface area contributed by atoms with Gasteiger partial charge >= 0.3 is 0 Å². The molecular weight excluding hydrogens is 400 g/mol. The fourth-order valence-electron chi connectivity index (χ4n) is 3.08. The molecule has 28 heavy (non-hydrogen) atoms. The number of hydrogen-bond donors (Lipinski definition) is 1. The number of hydrogen-bond acceptors (Lipinski definition) is 4. The van der Waals surface area contributed by atoms with Gasteiger partial charge in [0.1, 0.15) is 5.75 Å². The molecule has 0 atom stereocenters. The van der Waals surface area contributed by atoms with Crippen LogP contribution in [0.5, 0.6) is 5.75 Å². The highest BCUT2D eigenvalue weighted by molar-refractivity contribution is 7.89. The lowest BCUT2D eigenvalue weighted by Crippen LogP contribution is -2.35. The summed E-state index contributed by atoms with van der Waals surface area (Å²) in [5.41, 5.74) is 1.72. The number of amides is 1. The molecular formula is C20H23ClN2O4S. The van der Waals surface area contributed by atoms with Crippen LogP contribution in [0.1, 0.15) is 24.8 Å². The lowest BCUT2D eigenvalue weighted by molar-refractivity contribution is -0.118. The third-order valence-electron chi connectivity index (χ3n) is 4.52. The van der Waals surface area contributed by atoms with E-state index in [1.165, 1.54) is 22.5 Å². The molecule has 8 heteroatoms. The first-order valence-corrected chi connectivity index (χ1v) is 11.0. The zero-order valence-corrected chi connectivity index (χ0v) is 17.2. The number of anilines is 1. The van der Waals surface area contributed by atoms with Crippen molar-refractivity contribution in [3.63, 3.8) is 0 Å². The summed E-state index contributed by atoms with van der Waals surface area (Å²) in [4.78, 5) is 12.2. The van der Waals surface area contributed by atoms with Crippen molar-refractivity contribution < 1.29 is 17.9 Å². The van der Waals surface area contributed by atoms with Gasteiger partial charge in [-0.15, -0.1) is 0 Å². The molecule has 1 fully saturated rings. The molecule has 2 aromatic carbocycles.